The molecule has 0 spiro atoms. The Hall–Kier alpha value is -2.75. The Balaban J connectivity index is 1.42. The molecule has 33 heavy (non-hydrogen) atoms. The lowest BCUT2D eigenvalue weighted by molar-refractivity contribution is -0.136. The van der Waals surface area contributed by atoms with E-state index in [0.29, 0.717) is 36.1 Å². The van der Waals surface area contributed by atoms with Crippen molar-refractivity contribution in [3.05, 3.63) is 65.0 Å². The molecule has 0 saturated carbocycles. The highest BCUT2D eigenvalue weighted by Crippen LogP contribution is 2.26. The lowest BCUT2D eigenvalue weighted by atomic mass is 9.98. The van der Waals surface area contributed by atoms with Crippen LogP contribution < -0.4 is 0 Å². The molecule has 1 aliphatic rings. The lowest BCUT2D eigenvalue weighted by Crippen LogP contribution is -2.45. The van der Waals surface area contributed by atoms with Gasteiger partial charge >= 0.3 is 0 Å². The van der Waals surface area contributed by atoms with Gasteiger partial charge in [-0.25, -0.2) is 8.42 Å². The van der Waals surface area contributed by atoms with E-state index >= 15 is 0 Å². The second kappa shape index (κ2) is 9.62. The van der Waals surface area contributed by atoms with Gasteiger partial charge in [0.2, 0.25) is 27.6 Å². The van der Waals surface area contributed by atoms with Gasteiger partial charge < -0.3 is 9.42 Å². The third-order valence-corrected chi connectivity index (χ3v) is 7.81. The number of hydrogen-bond donors (Lipinski definition) is 0. The fraction of sp³-hybridized carbons (Fsp3) is 0.348. The Kier molecular flexibility index (Phi) is 6.83. The number of halogens is 1. The Labute approximate surface area is 198 Å². The molecule has 0 radical (unpaired) electrons. The van der Waals surface area contributed by atoms with Crippen molar-refractivity contribution in [1.29, 1.82) is 0 Å². The van der Waals surface area contributed by atoms with E-state index in [4.69, 9.17) is 16.1 Å². The van der Waals surface area contributed by atoms with Crippen molar-refractivity contribution in [1.82, 2.24) is 19.3 Å². The molecule has 0 N–H and O–H groups in total. The fourth-order valence-electron chi connectivity index (χ4n) is 3.93. The number of piperidine rings is 1. The van der Waals surface area contributed by atoms with E-state index in [1.54, 1.807) is 19.2 Å². The highest BCUT2D eigenvalue weighted by Gasteiger charge is 2.34. The molecule has 3 aromatic rings. The van der Waals surface area contributed by atoms with Gasteiger partial charge in [0, 0.05) is 30.7 Å². The van der Waals surface area contributed by atoms with Gasteiger partial charge in [-0.3, -0.25) is 4.79 Å². The number of aromatic nitrogens is 2. The van der Waals surface area contributed by atoms with Crippen LogP contribution in [0.25, 0.3) is 11.4 Å². The van der Waals surface area contributed by atoms with Crippen molar-refractivity contribution in [3.63, 3.8) is 0 Å². The number of rotatable bonds is 6. The van der Waals surface area contributed by atoms with Gasteiger partial charge in [-0.2, -0.15) is 9.29 Å². The quantitative estimate of drug-likeness (QED) is 0.524. The molecule has 1 atom stereocenters. The summed E-state index contributed by atoms with van der Waals surface area (Å²) in [5.74, 6) is 0.197. The van der Waals surface area contributed by atoms with Crippen LogP contribution in [0.3, 0.4) is 0 Å². The Bertz CT molecular complexity index is 1240. The van der Waals surface area contributed by atoms with Gasteiger partial charge in [-0.1, -0.05) is 40.5 Å². The van der Waals surface area contributed by atoms with Crippen LogP contribution in [-0.4, -0.2) is 53.8 Å². The molecule has 2 aromatic carbocycles. The summed E-state index contributed by atoms with van der Waals surface area (Å²) in [6.45, 7) is 2.64. The second-order valence-corrected chi connectivity index (χ2v) is 10.6. The van der Waals surface area contributed by atoms with Gasteiger partial charge in [0.15, 0.2) is 0 Å². The van der Waals surface area contributed by atoms with Crippen LogP contribution in [-0.2, 0) is 21.4 Å². The molecule has 1 amide bonds. The summed E-state index contributed by atoms with van der Waals surface area (Å²) < 4.78 is 32.7. The number of hydrogen-bond acceptors (Lipinski definition) is 6. The summed E-state index contributed by atoms with van der Waals surface area (Å²) in [6, 6.07) is 13.8. The molecule has 1 fully saturated rings. The van der Waals surface area contributed by atoms with Crippen molar-refractivity contribution in [2.75, 3.05) is 20.1 Å². The van der Waals surface area contributed by atoms with E-state index < -0.39 is 15.9 Å². The van der Waals surface area contributed by atoms with Crippen molar-refractivity contribution >= 4 is 27.5 Å². The van der Waals surface area contributed by atoms with E-state index in [2.05, 4.69) is 10.1 Å². The summed E-state index contributed by atoms with van der Waals surface area (Å²) in [5, 5.41) is 4.48. The molecular weight excluding hydrogens is 464 g/mol. The summed E-state index contributed by atoms with van der Waals surface area (Å²) in [7, 11) is -2.04. The van der Waals surface area contributed by atoms with Crippen molar-refractivity contribution in [2.45, 2.75) is 31.2 Å². The van der Waals surface area contributed by atoms with Crippen molar-refractivity contribution in [3.8, 4) is 11.4 Å². The van der Waals surface area contributed by atoms with Crippen LogP contribution in [0, 0.1) is 12.8 Å². The molecule has 2 heterocycles. The van der Waals surface area contributed by atoms with Gasteiger partial charge in [0.1, 0.15) is 0 Å². The maximum Gasteiger partial charge on any atom is 0.246 e. The van der Waals surface area contributed by atoms with Crippen LogP contribution in [0.15, 0.2) is 57.9 Å². The van der Waals surface area contributed by atoms with Gasteiger partial charge in [0.05, 0.1) is 17.4 Å². The van der Waals surface area contributed by atoms with Crippen LogP contribution in [0.5, 0.6) is 0 Å². The predicted molar refractivity (Wildman–Crippen MR) is 124 cm³/mol. The zero-order valence-electron chi connectivity index (χ0n) is 18.4. The minimum atomic E-state index is -3.70. The first kappa shape index (κ1) is 23.4. The molecule has 8 nitrogen and oxygen atoms in total. The fourth-order valence-corrected chi connectivity index (χ4v) is 5.58. The van der Waals surface area contributed by atoms with Gasteiger partial charge in [0.25, 0.3) is 0 Å². The molecule has 1 aromatic heterocycles. The highest BCUT2D eigenvalue weighted by atomic mass is 35.5. The number of nitrogens with zero attached hydrogens (tertiary/aromatic N) is 4. The van der Waals surface area contributed by atoms with E-state index in [0.717, 1.165) is 11.1 Å². The third kappa shape index (κ3) is 5.26. The SMILES string of the molecule is Cc1cccc(-c2noc(CN(C)C(=O)C3CCCN(S(=O)(=O)c4ccc(Cl)cc4)C3)n2)c1. The summed E-state index contributed by atoms with van der Waals surface area (Å²) in [6.07, 6.45) is 1.23. The van der Waals surface area contributed by atoms with Crippen molar-refractivity contribution < 1.29 is 17.7 Å². The topological polar surface area (TPSA) is 96.6 Å². The minimum absolute atomic E-state index is 0.131. The second-order valence-electron chi connectivity index (χ2n) is 8.23. The van der Waals surface area contributed by atoms with Crippen LogP contribution in [0.2, 0.25) is 5.02 Å². The summed E-state index contributed by atoms with van der Waals surface area (Å²) in [5.41, 5.74) is 1.93. The monoisotopic (exact) mass is 488 g/mol. The first-order valence-electron chi connectivity index (χ1n) is 10.6. The number of carbonyl (C=O) groups excluding carboxylic acids is 1. The largest absolute Gasteiger partial charge is 0.337 e. The number of carbonyl (C=O) groups is 1. The first-order valence-corrected chi connectivity index (χ1v) is 12.5. The third-order valence-electron chi connectivity index (χ3n) is 5.68. The summed E-state index contributed by atoms with van der Waals surface area (Å²) >= 11 is 5.88. The van der Waals surface area contributed by atoms with Gasteiger partial charge in [-0.15, -0.1) is 0 Å². The molecule has 1 saturated heterocycles. The first-order chi connectivity index (χ1) is 15.7. The predicted octanol–water partition coefficient (Wildman–Crippen LogP) is 3.76. The zero-order valence-corrected chi connectivity index (χ0v) is 20.0. The maximum absolute atomic E-state index is 13.1. The lowest BCUT2D eigenvalue weighted by Gasteiger charge is -2.33. The van der Waals surface area contributed by atoms with E-state index in [1.165, 1.54) is 21.3 Å². The Morgan fingerprint density at radius 1 is 1.24 bits per heavy atom. The molecule has 10 heteroatoms. The summed E-state index contributed by atoms with van der Waals surface area (Å²) in [4.78, 5) is 19.2. The van der Waals surface area contributed by atoms with E-state index in [1.807, 2.05) is 31.2 Å². The zero-order chi connectivity index (χ0) is 23.6. The number of sulfonamides is 1. The normalized spacial score (nSPS) is 17.1. The van der Waals surface area contributed by atoms with Crippen molar-refractivity contribution in [2.24, 2.45) is 5.92 Å². The number of aryl methyl sites for hydroxylation is 1. The maximum atomic E-state index is 13.1. The molecule has 1 unspecified atom stereocenters. The smallest absolute Gasteiger partial charge is 0.246 e. The molecular formula is C23H25ClN4O4S. The van der Waals surface area contributed by atoms with Crippen LogP contribution in [0.4, 0.5) is 0 Å². The molecule has 4 rings (SSSR count). The average molecular weight is 489 g/mol. The van der Waals surface area contributed by atoms with Gasteiger partial charge in [-0.05, 0) is 50.1 Å². The highest BCUT2D eigenvalue weighted by molar-refractivity contribution is 7.89. The number of amides is 1. The molecule has 174 valence electrons. The molecule has 0 aliphatic carbocycles. The standard InChI is InChI=1S/C23H25ClN4O4S/c1-16-5-3-6-17(13-16)22-25-21(32-26-22)15-27(2)23(29)18-7-4-12-28(14-18)33(30,31)20-10-8-19(24)9-11-20/h3,5-6,8-11,13,18H,4,7,12,14-15H2,1-2H3. The number of benzene rings is 2. The Morgan fingerprint density at radius 3 is 2.73 bits per heavy atom. The van der Waals surface area contributed by atoms with E-state index in [9.17, 15) is 13.2 Å². The Morgan fingerprint density at radius 2 is 2.00 bits per heavy atom. The van der Waals surface area contributed by atoms with E-state index in [-0.39, 0.29) is 23.9 Å². The molecule has 1 aliphatic heterocycles. The van der Waals surface area contributed by atoms with Crippen LogP contribution >= 0.6 is 11.6 Å². The minimum Gasteiger partial charge on any atom is -0.337 e. The molecule has 0 bridgehead atoms. The average Bonchev–Trinajstić information content (AvgIpc) is 3.27. The van der Waals surface area contributed by atoms with Crippen LogP contribution in [0.1, 0.15) is 24.3 Å².